The van der Waals surface area contributed by atoms with Gasteiger partial charge in [-0.2, -0.15) is 0 Å². The van der Waals surface area contributed by atoms with E-state index in [0.717, 1.165) is 37.3 Å². The van der Waals surface area contributed by atoms with Crippen molar-refractivity contribution < 1.29 is 0 Å². The van der Waals surface area contributed by atoms with Gasteiger partial charge in [0, 0.05) is 0 Å². The standard InChI is InChI=1S/C17H28BN4/c1-11(2)16(19)21-7-5-14-9-12(3)10-15(13(14)4)6-8-22-17(18)20/h9-10,21-22H,5-8,19-20H2,1-4H3. The first-order chi connectivity index (χ1) is 10.3. The van der Waals surface area contributed by atoms with Gasteiger partial charge in [-0.05, 0) is 13.8 Å². The van der Waals surface area contributed by atoms with Crippen molar-refractivity contribution in [1.82, 2.24) is 10.6 Å². The molecular weight excluding hydrogens is 271 g/mol. The van der Waals surface area contributed by atoms with Crippen molar-refractivity contribution in [3.05, 3.63) is 45.8 Å². The monoisotopic (exact) mass is 299 g/mol. The van der Waals surface area contributed by atoms with E-state index >= 15 is 0 Å². The van der Waals surface area contributed by atoms with Gasteiger partial charge in [0.15, 0.2) is 0 Å². The second-order valence-corrected chi connectivity index (χ2v) is 5.93. The van der Waals surface area contributed by atoms with E-state index in [0.29, 0.717) is 0 Å². The Morgan fingerprint density at radius 1 is 1.00 bits per heavy atom. The Balaban J connectivity index is 2.72. The van der Waals surface area contributed by atoms with Crippen LogP contribution in [0, 0.1) is 13.8 Å². The molecule has 0 bridgehead atoms. The normalized spacial score (nSPS) is 10.1. The SMILES string of the molecule is [B]=C(N)NCCc1cc(C)cc(CCNC(N)=C(C)C)c1C. The van der Waals surface area contributed by atoms with Crippen LogP contribution in [0.5, 0.6) is 0 Å². The van der Waals surface area contributed by atoms with Gasteiger partial charge in [0.1, 0.15) is 0 Å². The van der Waals surface area contributed by atoms with Crippen LogP contribution in [0.1, 0.15) is 36.1 Å². The fourth-order valence-corrected chi connectivity index (χ4v) is 2.38. The van der Waals surface area contributed by atoms with E-state index in [2.05, 4.69) is 36.6 Å². The molecule has 0 heterocycles. The average molecular weight is 299 g/mol. The van der Waals surface area contributed by atoms with E-state index in [1.54, 1.807) is 0 Å². The van der Waals surface area contributed by atoms with Crippen LogP contribution in [0.3, 0.4) is 0 Å². The Labute approximate surface area is 135 Å². The Bertz CT molecular complexity index is 560. The number of hydrogen-bond acceptors (Lipinski definition) is 4. The molecule has 1 radical (unpaired) electrons. The molecule has 0 aliphatic heterocycles. The molecule has 0 fully saturated rings. The minimum atomic E-state index is 0.270. The van der Waals surface area contributed by atoms with Crippen molar-refractivity contribution in [2.45, 2.75) is 40.5 Å². The van der Waals surface area contributed by atoms with Crippen molar-refractivity contribution in [2.75, 3.05) is 13.1 Å². The predicted octanol–water partition coefficient (Wildman–Crippen LogP) is 0.992. The number of benzene rings is 1. The molecule has 1 aromatic carbocycles. The van der Waals surface area contributed by atoms with E-state index in [4.69, 9.17) is 19.0 Å². The molecule has 22 heavy (non-hydrogen) atoms. The van der Waals surface area contributed by atoms with Gasteiger partial charge in [0.25, 0.3) is 0 Å². The summed E-state index contributed by atoms with van der Waals surface area (Å²) in [6.07, 6.45) is 1.86. The molecule has 4 nitrogen and oxygen atoms in total. The van der Waals surface area contributed by atoms with Gasteiger partial charge in [-0.25, -0.2) is 0 Å². The third-order valence-electron chi connectivity index (χ3n) is 3.74. The van der Waals surface area contributed by atoms with Crippen LogP contribution in [0.4, 0.5) is 0 Å². The summed E-state index contributed by atoms with van der Waals surface area (Å²) in [5.74, 6) is 0.767. The summed E-state index contributed by atoms with van der Waals surface area (Å²) in [6, 6.07) is 4.47. The fourth-order valence-electron chi connectivity index (χ4n) is 2.38. The maximum atomic E-state index is 5.91. The molecule has 6 N–H and O–H groups in total. The Morgan fingerprint density at radius 2 is 1.50 bits per heavy atom. The van der Waals surface area contributed by atoms with E-state index in [9.17, 15) is 0 Å². The topological polar surface area (TPSA) is 76.1 Å². The molecular formula is C17H28BN4. The molecule has 0 aromatic heterocycles. The molecule has 0 unspecified atom stereocenters. The first-order valence-electron chi connectivity index (χ1n) is 7.68. The van der Waals surface area contributed by atoms with Crippen molar-refractivity contribution in [1.29, 1.82) is 0 Å². The summed E-state index contributed by atoms with van der Waals surface area (Å²) < 4.78 is 0. The molecule has 0 amide bonds. The molecule has 119 valence electrons. The van der Waals surface area contributed by atoms with Crippen molar-refractivity contribution >= 4 is 13.2 Å². The quantitative estimate of drug-likeness (QED) is 0.540. The molecule has 0 aliphatic rings. The van der Waals surface area contributed by atoms with Crippen molar-refractivity contribution in [3.8, 4) is 0 Å². The van der Waals surface area contributed by atoms with E-state index in [-0.39, 0.29) is 5.71 Å². The summed E-state index contributed by atoms with van der Waals surface area (Å²) in [4.78, 5) is 0. The Hall–Kier alpha value is -1.91. The van der Waals surface area contributed by atoms with Crippen LogP contribution in [-0.2, 0) is 12.8 Å². The van der Waals surface area contributed by atoms with Crippen LogP contribution in [0.15, 0.2) is 23.5 Å². The van der Waals surface area contributed by atoms with Gasteiger partial charge in [-0.1, -0.05) is 0 Å². The van der Waals surface area contributed by atoms with E-state index in [1.807, 2.05) is 13.8 Å². The average Bonchev–Trinajstić information content (AvgIpc) is 2.42. The molecule has 0 saturated carbocycles. The third kappa shape index (κ3) is 5.84. The summed E-state index contributed by atoms with van der Waals surface area (Å²) in [7, 11) is 5.43. The minimum absolute atomic E-state index is 0.270. The Morgan fingerprint density at radius 3 is 1.95 bits per heavy atom. The first kappa shape index (κ1) is 18.1. The second kappa shape index (κ2) is 8.52. The van der Waals surface area contributed by atoms with Crippen LogP contribution >= 0.6 is 0 Å². The van der Waals surface area contributed by atoms with Gasteiger partial charge < -0.3 is 0 Å². The van der Waals surface area contributed by atoms with Gasteiger partial charge in [0.2, 0.25) is 0 Å². The first-order valence-corrected chi connectivity index (χ1v) is 7.68. The fraction of sp³-hybridized carbons (Fsp3) is 0.471. The molecule has 1 rings (SSSR count). The second-order valence-electron chi connectivity index (χ2n) is 5.93. The third-order valence-corrected chi connectivity index (χ3v) is 3.74. The number of nitrogens with two attached hydrogens (primary N) is 2. The van der Waals surface area contributed by atoms with Gasteiger partial charge in [0.05, 0.1) is 0 Å². The number of aryl methyl sites for hydroxylation is 1. The summed E-state index contributed by atoms with van der Waals surface area (Å²) in [5.41, 5.74) is 18.0. The van der Waals surface area contributed by atoms with Gasteiger partial charge >= 0.3 is 121 Å². The van der Waals surface area contributed by atoms with E-state index < -0.39 is 0 Å². The summed E-state index contributed by atoms with van der Waals surface area (Å²) in [5, 5.41) is 6.23. The Kier molecular flexibility index (Phi) is 7.02. The van der Waals surface area contributed by atoms with Crippen LogP contribution in [0.25, 0.3) is 0 Å². The molecule has 5 heteroatoms. The molecule has 0 atom stereocenters. The number of rotatable bonds is 8. The number of allylic oxidation sites excluding steroid dienone is 1. The van der Waals surface area contributed by atoms with Gasteiger partial charge in [-0.15, -0.1) is 0 Å². The van der Waals surface area contributed by atoms with Crippen LogP contribution in [0.2, 0.25) is 0 Å². The summed E-state index contributed by atoms with van der Waals surface area (Å²) >= 11 is 0. The van der Waals surface area contributed by atoms with Crippen LogP contribution in [-0.4, -0.2) is 26.3 Å². The van der Waals surface area contributed by atoms with E-state index in [1.165, 1.54) is 22.3 Å². The predicted molar refractivity (Wildman–Crippen MR) is 96.8 cm³/mol. The van der Waals surface area contributed by atoms with Crippen LogP contribution < -0.4 is 22.1 Å². The molecule has 0 saturated heterocycles. The molecule has 1 aromatic rings. The molecule has 0 spiro atoms. The van der Waals surface area contributed by atoms with Gasteiger partial charge in [-0.3, -0.25) is 0 Å². The van der Waals surface area contributed by atoms with Crippen molar-refractivity contribution in [2.24, 2.45) is 11.5 Å². The zero-order chi connectivity index (χ0) is 16.7. The zero-order valence-electron chi connectivity index (χ0n) is 14.2. The zero-order valence-corrected chi connectivity index (χ0v) is 14.2. The maximum absolute atomic E-state index is 5.91. The number of nitrogens with one attached hydrogen (secondary N) is 2. The number of hydrogen-bond donors (Lipinski definition) is 4. The molecule has 0 aliphatic carbocycles. The van der Waals surface area contributed by atoms with Crippen molar-refractivity contribution in [3.63, 3.8) is 0 Å². The summed E-state index contributed by atoms with van der Waals surface area (Å²) in [6.45, 7) is 9.89.